The third-order valence-electron chi connectivity index (χ3n) is 1.07. The maximum atomic E-state index is 10.6. The maximum absolute atomic E-state index is 10.6. The molecule has 1 N–H and O–H groups in total. The molecule has 5 heteroatoms. The number of nitrogens with one attached hydrogen (secondary N) is 1. The average molecular weight is 210 g/mol. The van der Waals surface area contributed by atoms with Crippen molar-refractivity contribution in [3.05, 3.63) is 12.7 Å². The molecule has 0 aliphatic rings. The SMILES string of the molecule is C=CC(=O)NCCCOP(C)Cl. The van der Waals surface area contributed by atoms with E-state index < -0.39 is 7.50 Å². The van der Waals surface area contributed by atoms with Gasteiger partial charge in [0.05, 0.1) is 6.61 Å². The van der Waals surface area contributed by atoms with Crippen molar-refractivity contribution in [2.24, 2.45) is 0 Å². The molecule has 1 unspecified atom stereocenters. The lowest BCUT2D eigenvalue weighted by atomic mass is 10.4. The second-order valence-electron chi connectivity index (χ2n) is 2.10. The fourth-order valence-electron chi connectivity index (χ4n) is 0.546. The van der Waals surface area contributed by atoms with Crippen LogP contribution in [-0.2, 0) is 9.32 Å². The zero-order valence-electron chi connectivity index (χ0n) is 7.05. The highest BCUT2D eigenvalue weighted by Crippen LogP contribution is 2.37. The number of rotatable bonds is 6. The van der Waals surface area contributed by atoms with E-state index in [-0.39, 0.29) is 5.91 Å². The molecular formula is C7H13ClNO2P. The summed E-state index contributed by atoms with van der Waals surface area (Å²) in [5.74, 6) is -0.153. The molecule has 0 rings (SSSR count). The lowest BCUT2D eigenvalue weighted by Gasteiger charge is -2.04. The van der Waals surface area contributed by atoms with Crippen molar-refractivity contribution in [1.82, 2.24) is 5.32 Å². The van der Waals surface area contributed by atoms with E-state index in [2.05, 4.69) is 11.9 Å². The number of hydrogen-bond donors (Lipinski definition) is 1. The van der Waals surface area contributed by atoms with E-state index in [1.54, 1.807) is 0 Å². The number of amides is 1. The van der Waals surface area contributed by atoms with Crippen molar-refractivity contribution in [1.29, 1.82) is 0 Å². The lowest BCUT2D eigenvalue weighted by Crippen LogP contribution is -2.22. The largest absolute Gasteiger partial charge is 0.352 e. The van der Waals surface area contributed by atoms with Crippen LogP contribution in [0.3, 0.4) is 0 Å². The van der Waals surface area contributed by atoms with Crippen LogP contribution in [-0.4, -0.2) is 25.7 Å². The molecule has 12 heavy (non-hydrogen) atoms. The third kappa shape index (κ3) is 7.99. The summed E-state index contributed by atoms with van der Waals surface area (Å²) in [6, 6.07) is 0. The zero-order valence-corrected chi connectivity index (χ0v) is 8.70. The van der Waals surface area contributed by atoms with Gasteiger partial charge in [-0.05, 0) is 19.2 Å². The van der Waals surface area contributed by atoms with Gasteiger partial charge in [-0.2, -0.15) is 0 Å². The Bertz CT molecular complexity index is 152. The van der Waals surface area contributed by atoms with Gasteiger partial charge in [0.1, 0.15) is 7.50 Å². The van der Waals surface area contributed by atoms with E-state index in [9.17, 15) is 4.79 Å². The molecule has 0 aliphatic heterocycles. The van der Waals surface area contributed by atoms with Gasteiger partial charge in [0, 0.05) is 6.54 Å². The summed E-state index contributed by atoms with van der Waals surface area (Å²) in [6.07, 6.45) is 2.02. The summed E-state index contributed by atoms with van der Waals surface area (Å²) < 4.78 is 5.11. The van der Waals surface area contributed by atoms with Gasteiger partial charge in [-0.25, -0.2) is 0 Å². The molecular weight excluding hydrogens is 197 g/mol. The van der Waals surface area contributed by atoms with Crippen LogP contribution in [0, 0.1) is 0 Å². The van der Waals surface area contributed by atoms with Crippen molar-refractivity contribution >= 4 is 24.6 Å². The Morgan fingerprint density at radius 2 is 2.50 bits per heavy atom. The first-order valence-electron chi connectivity index (χ1n) is 3.59. The molecule has 0 radical (unpaired) electrons. The number of halogens is 1. The van der Waals surface area contributed by atoms with E-state index in [0.717, 1.165) is 6.42 Å². The summed E-state index contributed by atoms with van der Waals surface area (Å²) in [4.78, 5) is 10.6. The van der Waals surface area contributed by atoms with E-state index in [1.807, 2.05) is 6.66 Å². The predicted octanol–water partition coefficient (Wildman–Crippen LogP) is 1.88. The smallest absolute Gasteiger partial charge is 0.243 e. The fourth-order valence-corrected chi connectivity index (χ4v) is 1.13. The Morgan fingerprint density at radius 3 is 3.00 bits per heavy atom. The summed E-state index contributed by atoms with van der Waals surface area (Å²) in [5, 5.41) is 2.63. The molecule has 0 heterocycles. The highest BCUT2D eigenvalue weighted by atomic mass is 35.7. The molecule has 0 fully saturated rings. The molecule has 0 aromatic rings. The maximum Gasteiger partial charge on any atom is 0.243 e. The normalized spacial score (nSPS) is 12.2. The molecule has 0 spiro atoms. The van der Waals surface area contributed by atoms with E-state index in [0.29, 0.717) is 13.2 Å². The monoisotopic (exact) mass is 209 g/mol. The van der Waals surface area contributed by atoms with Gasteiger partial charge in [-0.15, -0.1) is 0 Å². The molecule has 0 aromatic heterocycles. The molecule has 3 nitrogen and oxygen atoms in total. The van der Waals surface area contributed by atoms with Crippen molar-refractivity contribution in [2.75, 3.05) is 19.8 Å². The number of carbonyl (C=O) groups is 1. The van der Waals surface area contributed by atoms with Gasteiger partial charge in [0.2, 0.25) is 5.91 Å². The summed E-state index contributed by atoms with van der Waals surface area (Å²) in [5.41, 5.74) is 0. The number of hydrogen-bond acceptors (Lipinski definition) is 2. The Kier molecular flexibility index (Phi) is 7.47. The topological polar surface area (TPSA) is 38.3 Å². The molecule has 0 bridgehead atoms. The molecule has 0 aliphatic carbocycles. The van der Waals surface area contributed by atoms with Gasteiger partial charge in [0.15, 0.2) is 0 Å². The second-order valence-corrected chi connectivity index (χ2v) is 4.63. The second kappa shape index (κ2) is 7.53. The molecule has 70 valence electrons. The molecule has 0 saturated heterocycles. The van der Waals surface area contributed by atoms with Gasteiger partial charge >= 0.3 is 0 Å². The van der Waals surface area contributed by atoms with E-state index in [1.165, 1.54) is 6.08 Å². The Balaban J connectivity index is 3.11. The summed E-state index contributed by atoms with van der Waals surface area (Å²) >= 11 is 5.59. The fraction of sp³-hybridized carbons (Fsp3) is 0.571. The van der Waals surface area contributed by atoms with Crippen molar-refractivity contribution in [2.45, 2.75) is 6.42 Å². The van der Waals surface area contributed by atoms with Gasteiger partial charge in [-0.3, -0.25) is 4.79 Å². The zero-order chi connectivity index (χ0) is 9.40. The van der Waals surface area contributed by atoms with Crippen molar-refractivity contribution in [3.63, 3.8) is 0 Å². The van der Waals surface area contributed by atoms with Crippen LogP contribution in [0.2, 0.25) is 0 Å². The summed E-state index contributed by atoms with van der Waals surface area (Å²) in [6.45, 7) is 6.33. The summed E-state index contributed by atoms with van der Waals surface area (Å²) in [7, 11) is -0.797. The number of carbonyl (C=O) groups excluding carboxylic acids is 1. The first kappa shape index (κ1) is 11.9. The lowest BCUT2D eigenvalue weighted by molar-refractivity contribution is -0.116. The predicted molar refractivity (Wildman–Crippen MR) is 52.5 cm³/mol. The minimum absolute atomic E-state index is 0.153. The minimum Gasteiger partial charge on any atom is -0.352 e. The highest BCUT2D eigenvalue weighted by Gasteiger charge is 1.96. The standard InChI is InChI=1S/C7H13ClNO2P/c1-3-7(10)9-5-4-6-11-12(2)8/h3H,1,4-6H2,2H3,(H,9,10). The van der Waals surface area contributed by atoms with Gasteiger partial charge < -0.3 is 9.84 Å². The Morgan fingerprint density at radius 1 is 1.83 bits per heavy atom. The van der Waals surface area contributed by atoms with Crippen LogP contribution in [0.1, 0.15) is 6.42 Å². The first-order valence-corrected chi connectivity index (χ1v) is 6.20. The van der Waals surface area contributed by atoms with Crippen molar-refractivity contribution < 1.29 is 9.32 Å². The minimum atomic E-state index is -0.797. The molecule has 1 atom stereocenters. The quantitative estimate of drug-likeness (QED) is 0.412. The first-order chi connectivity index (χ1) is 5.66. The van der Waals surface area contributed by atoms with Crippen LogP contribution in [0.4, 0.5) is 0 Å². The van der Waals surface area contributed by atoms with E-state index >= 15 is 0 Å². The van der Waals surface area contributed by atoms with Gasteiger partial charge in [0.25, 0.3) is 0 Å². The van der Waals surface area contributed by atoms with Crippen LogP contribution >= 0.6 is 18.7 Å². The highest BCUT2D eigenvalue weighted by molar-refractivity contribution is 7.79. The molecule has 0 saturated carbocycles. The third-order valence-corrected chi connectivity index (χ3v) is 1.91. The van der Waals surface area contributed by atoms with Crippen LogP contribution < -0.4 is 5.32 Å². The Labute approximate surface area is 78.7 Å². The molecule has 1 amide bonds. The van der Waals surface area contributed by atoms with Crippen molar-refractivity contribution in [3.8, 4) is 0 Å². The van der Waals surface area contributed by atoms with Crippen LogP contribution in [0.25, 0.3) is 0 Å². The van der Waals surface area contributed by atoms with E-state index in [4.69, 9.17) is 15.8 Å². The Hall–Kier alpha value is -0.110. The van der Waals surface area contributed by atoms with Crippen LogP contribution in [0.5, 0.6) is 0 Å². The van der Waals surface area contributed by atoms with Gasteiger partial charge in [-0.1, -0.05) is 17.8 Å². The molecule has 0 aromatic carbocycles. The van der Waals surface area contributed by atoms with Crippen LogP contribution in [0.15, 0.2) is 12.7 Å². The average Bonchev–Trinajstić information content (AvgIpc) is 2.03.